The van der Waals surface area contributed by atoms with Gasteiger partial charge in [-0.25, -0.2) is 4.79 Å². The Labute approximate surface area is 187 Å². The summed E-state index contributed by atoms with van der Waals surface area (Å²) in [5, 5.41) is 11.5. The molecule has 0 unspecified atom stereocenters. The zero-order valence-electron chi connectivity index (χ0n) is 18.9. The highest BCUT2D eigenvalue weighted by atomic mass is 16.1. The number of hydrogen-bond acceptors (Lipinski definition) is 4. The number of rotatable bonds is 6. The van der Waals surface area contributed by atoms with Gasteiger partial charge in [-0.2, -0.15) is 4.68 Å². The molecule has 32 heavy (non-hydrogen) atoms. The number of benzene rings is 2. The number of nitrogens with zero attached hydrogens (tertiary/aromatic N) is 6. The molecule has 7 heteroatoms. The Morgan fingerprint density at radius 1 is 1.03 bits per heavy atom. The Balaban J connectivity index is 1.67. The van der Waals surface area contributed by atoms with Crippen molar-refractivity contribution in [2.75, 3.05) is 0 Å². The normalized spacial score (nSPS) is 12.0. The van der Waals surface area contributed by atoms with E-state index in [-0.39, 0.29) is 11.2 Å². The van der Waals surface area contributed by atoms with E-state index in [1.807, 2.05) is 61.9 Å². The summed E-state index contributed by atoms with van der Waals surface area (Å²) in [7, 11) is 0. The highest BCUT2D eigenvalue weighted by molar-refractivity contribution is 5.72. The third-order valence-electron chi connectivity index (χ3n) is 5.36. The van der Waals surface area contributed by atoms with E-state index in [1.165, 1.54) is 0 Å². The smallest absolute Gasteiger partial charge is 0.293 e. The van der Waals surface area contributed by atoms with Gasteiger partial charge < -0.3 is 0 Å². The Kier molecular flexibility index (Phi) is 5.90. The molecule has 4 rings (SSSR count). The number of hydrogen-bond donors (Lipinski definition) is 0. The highest BCUT2D eigenvalue weighted by Gasteiger charge is 2.19. The number of para-hydroxylation sites is 1. The van der Waals surface area contributed by atoms with Crippen LogP contribution >= 0.6 is 0 Å². The van der Waals surface area contributed by atoms with Gasteiger partial charge in [0, 0.05) is 17.3 Å². The van der Waals surface area contributed by atoms with Gasteiger partial charge in [0.2, 0.25) is 0 Å². The van der Waals surface area contributed by atoms with Gasteiger partial charge in [0.1, 0.15) is 6.33 Å². The van der Waals surface area contributed by atoms with Crippen LogP contribution in [0.1, 0.15) is 45.4 Å². The molecule has 0 fully saturated rings. The second kappa shape index (κ2) is 8.78. The molecule has 2 aromatic heterocycles. The molecular formula is C25H28N6O. The SMILES string of the molecule is CCC=Cc1cn(C(C)(C)C)c(=O)n1Cc1ccc(-c2ccccc2-n2cnnn2)cc1. The van der Waals surface area contributed by atoms with Crippen LogP contribution in [-0.4, -0.2) is 29.3 Å². The van der Waals surface area contributed by atoms with E-state index < -0.39 is 0 Å². The average molecular weight is 429 g/mol. The van der Waals surface area contributed by atoms with Gasteiger partial charge in [0.15, 0.2) is 0 Å². The number of tetrazole rings is 1. The van der Waals surface area contributed by atoms with Crippen molar-refractivity contribution in [1.82, 2.24) is 29.3 Å². The van der Waals surface area contributed by atoms with Crippen LogP contribution in [0.2, 0.25) is 0 Å². The van der Waals surface area contributed by atoms with Crippen molar-refractivity contribution >= 4 is 6.08 Å². The van der Waals surface area contributed by atoms with Crippen molar-refractivity contribution in [1.29, 1.82) is 0 Å². The van der Waals surface area contributed by atoms with Crippen molar-refractivity contribution < 1.29 is 0 Å². The van der Waals surface area contributed by atoms with E-state index in [1.54, 1.807) is 15.6 Å². The summed E-state index contributed by atoms with van der Waals surface area (Å²) in [5.74, 6) is 0. The van der Waals surface area contributed by atoms with E-state index in [0.717, 1.165) is 34.5 Å². The second-order valence-electron chi connectivity index (χ2n) is 8.74. The predicted octanol–water partition coefficient (Wildman–Crippen LogP) is 4.52. The third-order valence-corrected chi connectivity index (χ3v) is 5.36. The van der Waals surface area contributed by atoms with Crippen LogP contribution in [0.4, 0.5) is 0 Å². The van der Waals surface area contributed by atoms with Gasteiger partial charge in [-0.15, -0.1) is 5.10 Å². The first-order chi connectivity index (χ1) is 15.4. The van der Waals surface area contributed by atoms with Crippen LogP contribution in [0.3, 0.4) is 0 Å². The Bertz CT molecular complexity index is 1270. The first-order valence-corrected chi connectivity index (χ1v) is 10.8. The fraction of sp³-hybridized carbons (Fsp3) is 0.280. The van der Waals surface area contributed by atoms with Gasteiger partial charge in [-0.1, -0.05) is 55.5 Å². The summed E-state index contributed by atoms with van der Waals surface area (Å²) in [6, 6.07) is 16.3. The second-order valence-corrected chi connectivity index (χ2v) is 8.74. The molecule has 0 N–H and O–H groups in total. The van der Waals surface area contributed by atoms with Crippen LogP contribution < -0.4 is 5.69 Å². The topological polar surface area (TPSA) is 70.5 Å². The maximum atomic E-state index is 13.1. The van der Waals surface area contributed by atoms with Crippen molar-refractivity contribution in [3.05, 3.63) is 88.9 Å². The molecule has 164 valence electrons. The molecule has 0 spiro atoms. The monoisotopic (exact) mass is 428 g/mol. The molecule has 0 saturated heterocycles. The summed E-state index contributed by atoms with van der Waals surface area (Å²) in [5.41, 5.74) is 4.71. The molecule has 0 amide bonds. The fourth-order valence-electron chi connectivity index (χ4n) is 3.67. The molecule has 2 aromatic carbocycles. The van der Waals surface area contributed by atoms with Crippen LogP contribution in [0, 0.1) is 0 Å². The first-order valence-electron chi connectivity index (χ1n) is 10.8. The number of aromatic nitrogens is 6. The van der Waals surface area contributed by atoms with Crippen molar-refractivity contribution in [3.8, 4) is 16.8 Å². The zero-order valence-corrected chi connectivity index (χ0v) is 18.9. The van der Waals surface area contributed by atoms with Crippen LogP contribution in [0.15, 0.2) is 71.9 Å². The largest absolute Gasteiger partial charge is 0.329 e. The van der Waals surface area contributed by atoms with Crippen molar-refractivity contribution in [3.63, 3.8) is 0 Å². The summed E-state index contributed by atoms with van der Waals surface area (Å²) < 4.78 is 5.30. The lowest BCUT2D eigenvalue weighted by atomic mass is 10.0. The lowest BCUT2D eigenvalue weighted by molar-refractivity contribution is 0.380. The molecule has 0 radical (unpaired) electrons. The fourth-order valence-corrected chi connectivity index (χ4v) is 3.67. The predicted molar refractivity (Wildman–Crippen MR) is 127 cm³/mol. The lowest BCUT2D eigenvalue weighted by Gasteiger charge is -2.19. The van der Waals surface area contributed by atoms with Gasteiger partial charge in [-0.05, 0) is 60.9 Å². The van der Waals surface area contributed by atoms with E-state index >= 15 is 0 Å². The third kappa shape index (κ3) is 4.32. The average Bonchev–Trinajstić information content (AvgIpc) is 3.42. The Morgan fingerprint density at radius 3 is 2.44 bits per heavy atom. The lowest BCUT2D eigenvalue weighted by Crippen LogP contribution is -2.34. The van der Waals surface area contributed by atoms with E-state index in [9.17, 15) is 4.79 Å². The minimum Gasteiger partial charge on any atom is -0.293 e. The zero-order chi connectivity index (χ0) is 22.7. The standard InChI is InChI=1S/C25H28N6O/c1-5-6-9-21-17-30(25(2,3)4)24(32)29(21)16-19-12-14-20(15-13-19)22-10-7-8-11-23(22)31-18-26-27-28-31/h6-15,17-18H,5,16H2,1-4H3. The molecule has 4 aromatic rings. The minimum atomic E-state index is -0.277. The number of allylic oxidation sites excluding steroid dienone is 1. The van der Waals surface area contributed by atoms with Gasteiger partial charge in [0.05, 0.1) is 17.9 Å². The van der Waals surface area contributed by atoms with E-state index in [0.29, 0.717) is 6.54 Å². The summed E-state index contributed by atoms with van der Waals surface area (Å²) >= 11 is 0. The maximum absolute atomic E-state index is 13.1. The van der Waals surface area contributed by atoms with Crippen LogP contribution in [0.5, 0.6) is 0 Å². The molecule has 0 atom stereocenters. The molecule has 0 bridgehead atoms. The summed E-state index contributed by atoms with van der Waals surface area (Å²) in [4.78, 5) is 13.1. The quantitative estimate of drug-likeness (QED) is 0.453. The Morgan fingerprint density at radius 2 is 1.78 bits per heavy atom. The summed E-state index contributed by atoms with van der Waals surface area (Å²) in [6.07, 6.45) is 8.57. The molecule has 0 saturated carbocycles. The molecule has 0 aliphatic heterocycles. The van der Waals surface area contributed by atoms with Crippen LogP contribution in [0.25, 0.3) is 22.9 Å². The van der Waals surface area contributed by atoms with Crippen molar-refractivity contribution in [2.24, 2.45) is 0 Å². The number of imidazole rings is 1. The minimum absolute atomic E-state index is 0.00126. The van der Waals surface area contributed by atoms with Crippen LogP contribution in [-0.2, 0) is 12.1 Å². The van der Waals surface area contributed by atoms with Gasteiger partial charge in [0.25, 0.3) is 0 Å². The van der Waals surface area contributed by atoms with Crippen molar-refractivity contribution in [2.45, 2.75) is 46.2 Å². The van der Waals surface area contributed by atoms with Gasteiger partial charge in [-0.3, -0.25) is 9.13 Å². The molecule has 7 nitrogen and oxygen atoms in total. The van der Waals surface area contributed by atoms with Gasteiger partial charge >= 0.3 is 5.69 Å². The molecule has 0 aliphatic carbocycles. The van der Waals surface area contributed by atoms with E-state index in [4.69, 9.17) is 0 Å². The molecule has 0 aliphatic rings. The van der Waals surface area contributed by atoms with E-state index in [2.05, 4.69) is 52.8 Å². The Hall–Kier alpha value is -3.74. The first kappa shape index (κ1) is 21.5. The maximum Gasteiger partial charge on any atom is 0.329 e. The highest BCUT2D eigenvalue weighted by Crippen LogP contribution is 2.26. The molecule has 2 heterocycles. The molecular weight excluding hydrogens is 400 g/mol. The summed E-state index contributed by atoms with van der Waals surface area (Å²) in [6.45, 7) is 8.74.